The normalized spacial score (nSPS) is 10.2. The number of nitrogen functional groups attached to an aromatic ring is 1. The molecule has 0 aliphatic carbocycles. The molecule has 13 heavy (non-hydrogen) atoms. The highest BCUT2D eigenvalue weighted by Gasteiger charge is 2.10. The summed E-state index contributed by atoms with van der Waals surface area (Å²) < 4.78 is 17.8. The summed E-state index contributed by atoms with van der Waals surface area (Å²) in [5, 5.41) is 9.01. The van der Waals surface area contributed by atoms with Crippen molar-refractivity contribution < 1.29 is 8.81 Å². The Bertz CT molecular complexity index is 510. The Balaban J connectivity index is 2.87. The summed E-state index contributed by atoms with van der Waals surface area (Å²) in [7, 11) is 0. The van der Waals surface area contributed by atoms with E-state index in [2.05, 4.69) is 0 Å². The molecule has 0 radical (unpaired) electrons. The first-order chi connectivity index (χ1) is 6.22. The van der Waals surface area contributed by atoms with Gasteiger partial charge in [0.15, 0.2) is 0 Å². The molecular weight excluding hydrogens is 171 g/mol. The van der Waals surface area contributed by atoms with Gasteiger partial charge in [0.25, 0.3) is 0 Å². The lowest BCUT2D eigenvalue weighted by atomic mass is 10.2. The van der Waals surface area contributed by atoms with E-state index in [4.69, 9.17) is 15.4 Å². The fraction of sp³-hybridized carbons (Fsp3) is 0. The molecule has 0 aliphatic heterocycles. The van der Waals surface area contributed by atoms with Crippen LogP contribution in [0.25, 0.3) is 11.0 Å². The van der Waals surface area contributed by atoms with E-state index in [1.54, 1.807) is 6.07 Å². The van der Waals surface area contributed by atoms with E-state index in [9.17, 15) is 4.39 Å². The fourth-order valence-corrected chi connectivity index (χ4v) is 1.17. The molecule has 2 rings (SSSR count). The Kier molecular flexibility index (Phi) is 1.46. The number of hydrogen-bond acceptors (Lipinski definition) is 3. The fourth-order valence-electron chi connectivity index (χ4n) is 1.17. The quantitative estimate of drug-likeness (QED) is 0.667. The number of halogens is 1. The minimum atomic E-state index is -0.399. The van der Waals surface area contributed by atoms with Crippen molar-refractivity contribution in [1.82, 2.24) is 0 Å². The van der Waals surface area contributed by atoms with E-state index in [0.29, 0.717) is 11.0 Å². The van der Waals surface area contributed by atoms with Crippen molar-refractivity contribution in [2.24, 2.45) is 0 Å². The number of nitrogens with two attached hydrogens (primary N) is 1. The molecule has 0 aliphatic rings. The lowest BCUT2D eigenvalue weighted by Crippen LogP contribution is -1.84. The smallest absolute Gasteiger partial charge is 0.227 e. The number of rotatable bonds is 0. The van der Waals surface area contributed by atoms with Crippen LogP contribution in [0.2, 0.25) is 0 Å². The maximum absolute atomic E-state index is 12.7. The highest BCUT2D eigenvalue weighted by atomic mass is 19.1. The second-order valence-electron chi connectivity index (χ2n) is 2.60. The Morgan fingerprint density at radius 3 is 2.92 bits per heavy atom. The topological polar surface area (TPSA) is 63.0 Å². The molecule has 0 amide bonds. The van der Waals surface area contributed by atoms with Crippen LogP contribution in [-0.4, -0.2) is 0 Å². The van der Waals surface area contributed by atoms with Gasteiger partial charge in [0.05, 0.1) is 5.69 Å². The average molecular weight is 176 g/mol. The molecule has 1 aromatic carbocycles. The SMILES string of the molecule is N#Cc1oc2ccc(F)cc2c1N. The predicted molar refractivity (Wildman–Crippen MR) is 45.3 cm³/mol. The molecule has 2 N–H and O–H groups in total. The van der Waals surface area contributed by atoms with Crippen LogP contribution < -0.4 is 5.73 Å². The number of fused-ring (bicyclic) bond motifs is 1. The number of furan rings is 1. The zero-order chi connectivity index (χ0) is 9.42. The first kappa shape index (κ1) is 7.62. The van der Waals surface area contributed by atoms with Gasteiger partial charge in [-0.2, -0.15) is 5.26 Å². The van der Waals surface area contributed by atoms with Crippen LogP contribution in [0.4, 0.5) is 10.1 Å². The molecular formula is C9H5FN2O. The molecule has 0 saturated carbocycles. The Morgan fingerprint density at radius 2 is 2.23 bits per heavy atom. The molecule has 4 heteroatoms. The number of benzene rings is 1. The van der Waals surface area contributed by atoms with E-state index >= 15 is 0 Å². The highest BCUT2D eigenvalue weighted by molar-refractivity contribution is 5.92. The van der Waals surface area contributed by atoms with Crippen LogP contribution in [0, 0.1) is 17.1 Å². The van der Waals surface area contributed by atoms with Crippen LogP contribution in [0.1, 0.15) is 5.76 Å². The summed E-state index contributed by atoms with van der Waals surface area (Å²) in [4.78, 5) is 0. The van der Waals surface area contributed by atoms with Crippen LogP contribution in [0.3, 0.4) is 0 Å². The van der Waals surface area contributed by atoms with Crippen molar-refractivity contribution in [3.63, 3.8) is 0 Å². The molecule has 0 saturated heterocycles. The van der Waals surface area contributed by atoms with Crippen LogP contribution >= 0.6 is 0 Å². The zero-order valence-corrected chi connectivity index (χ0v) is 6.54. The van der Waals surface area contributed by atoms with Crippen molar-refractivity contribution in [3.05, 3.63) is 29.8 Å². The molecule has 0 spiro atoms. The third kappa shape index (κ3) is 1.02. The maximum atomic E-state index is 12.7. The first-order valence-electron chi connectivity index (χ1n) is 3.60. The lowest BCUT2D eigenvalue weighted by Gasteiger charge is -1.88. The van der Waals surface area contributed by atoms with Gasteiger partial charge in [-0.05, 0) is 18.2 Å². The molecule has 3 nitrogen and oxygen atoms in total. The molecule has 1 aromatic heterocycles. The number of nitriles is 1. The summed E-state index contributed by atoms with van der Waals surface area (Å²) >= 11 is 0. The molecule has 0 unspecified atom stereocenters. The Morgan fingerprint density at radius 1 is 1.46 bits per heavy atom. The molecule has 0 bridgehead atoms. The van der Waals surface area contributed by atoms with Crippen LogP contribution in [-0.2, 0) is 0 Å². The Labute approximate surface area is 73.2 Å². The van der Waals surface area contributed by atoms with Gasteiger partial charge in [0.1, 0.15) is 17.5 Å². The van der Waals surface area contributed by atoms with Crippen molar-refractivity contribution in [2.75, 3.05) is 5.73 Å². The molecule has 0 fully saturated rings. The summed E-state index contributed by atoms with van der Waals surface area (Å²) in [6, 6.07) is 5.74. The van der Waals surface area contributed by atoms with Crippen molar-refractivity contribution in [2.45, 2.75) is 0 Å². The second kappa shape index (κ2) is 2.49. The average Bonchev–Trinajstić information content (AvgIpc) is 2.44. The van der Waals surface area contributed by atoms with Gasteiger partial charge in [-0.15, -0.1) is 0 Å². The number of hydrogen-bond donors (Lipinski definition) is 1. The van der Waals surface area contributed by atoms with Crippen molar-refractivity contribution in [1.29, 1.82) is 5.26 Å². The Hall–Kier alpha value is -2.02. The standard InChI is InChI=1S/C9H5FN2O/c10-5-1-2-7-6(3-5)9(12)8(4-11)13-7/h1-3H,12H2. The van der Waals surface area contributed by atoms with Crippen molar-refractivity contribution >= 4 is 16.7 Å². The summed E-state index contributed by atoms with van der Waals surface area (Å²) in [6.07, 6.45) is 0. The van der Waals surface area contributed by atoms with E-state index in [1.165, 1.54) is 18.2 Å². The van der Waals surface area contributed by atoms with E-state index in [-0.39, 0.29) is 11.4 Å². The molecule has 2 aromatic rings. The van der Waals surface area contributed by atoms with Gasteiger partial charge in [-0.3, -0.25) is 0 Å². The minimum absolute atomic E-state index is 0.0283. The number of nitrogens with zero attached hydrogens (tertiary/aromatic N) is 1. The van der Waals surface area contributed by atoms with Gasteiger partial charge >= 0.3 is 0 Å². The van der Waals surface area contributed by atoms with Crippen molar-refractivity contribution in [3.8, 4) is 6.07 Å². The summed E-state index contributed by atoms with van der Waals surface area (Å²) in [5.41, 5.74) is 6.15. The minimum Gasteiger partial charge on any atom is -0.443 e. The van der Waals surface area contributed by atoms with Crippen LogP contribution in [0.15, 0.2) is 22.6 Å². The largest absolute Gasteiger partial charge is 0.443 e. The van der Waals surface area contributed by atoms with Gasteiger partial charge in [-0.25, -0.2) is 4.39 Å². The van der Waals surface area contributed by atoms with Gasteiger partial charge < -0.3 is 10.2 Å². The predicted octanol–water partition coefficient (Wildman–Crippen LogP) is 2.03. The third-order valence-corrected chi connectivity index (χ3v) is 1.79. The molecule has 0 atom stereocenters. The summed E-state index contributed by atoms with van der Waals surface area (Å²) in [5.74, 6) is -0.370. The van der Waals surface area contributed by atoms with Gasteiger partial charge in [0, 0.05) is 5.39 Å². The molecule has 64 valence electrons. The number of anilines is 1. The van der Waals surface area contributed by atoms with E-state index in [0.717, 1.165) is 0 Å². The second-order valence-corrected chi connectivity index (χ2v) is 2.60. The monoisotopic (exact) mass is 176 g/mol. The third-order valence-electron chi connectivity index (χ3n) is 1.79. The van der Waals surface area contributed by atoms with Gasteiger partial charge in [0.2, 0.25) is 5.76 Å². The first-order valence-corrected chi connectivity index (χ1v) is 3.60. The van der Waals surface area contributed by atoms with E-state index in [1.807, 2.05) is 0 Å². The molecule has 1 heterocycles. The zero-order valence-electron chi connectivity index (χ0n) is 6.54. The highest BCUT2D eigenvalue weighted by Crippen LogP contribution is 2.27. The summed E-state index contributed by atoms with van der Waals surface area (Å²) in [6.45, 7) is 0. The lowest BCUT2D eigenvalue weighted by molar-refractivity contribution is 0.597. The van der Waals surface area contributed by atoms with E-state index < -0.39 is 5.82 Å². The van der Waals surface area contributed by atoms with Gasteiger partial charge in [-0.1, -0.05) is 0 Å². The maximum Gasteiger partial charge on any atom is 0.227 e. The van der Waals surface area contributed by atoms with Crippen LogP contribution in [0.5, 0.6) is 0 Å².